The number of nitrogens with one attached hydrogen (secondary N) is 1. The highest BCUT2D eigenvalue weighted by Gasteiger charge is 2.20. The molecule has 2 unspecified atom stereocenters. The van der Waals surface area contributed by atoms with E-state index in [1.165, 1.54) is 225 Å². The average Bonchev–Trinajstić information content (AvgIpc) is 3.29. The summed E-state index contributed by atoms with van der Waals surface area (Å²) in [5, 5.41) is 23.2. The van der Waals surface area contributed by atoms with Crippen LogP contribution in [0.4, 0.5) is 0 Å². The molecule has 0 aromatic rings. The molecule has 1 amide bonds. The largest absolute Gasteiger partial charge is 0.466 e. The lowest BCUT2D eigenvalue weighted by atomic mass is 10.0. The molecule has 6 nitrogen and oxygen atoms in total. The standard InChI is InChI=1S/C58H111NO5/c1-3-5-7-9-11-13-15-27-32-36-40-44-48-52-58(63)64-53-49-45-41-37-33-29-26-24-22-20-18-16-17-19-21-23-25-28-31-35-39-43-47-51-57(62)59-55(54-60)56(61)50-46-42-38-34-30-14-12-10-8-6-4-2/h16,18-19,21,55-56,60-61H,3-15,17,20,22-54H2,1-2H3,(H,59,62)/b18-16-,21-19-. The van der Waals surface area contributed by atoms with Crippen LogP contribution in [0.5, 0.6) is 0 Å². The van der Waals surface area contributed by atoms with Crippen molar-refractivity contribution in [1.82, 2.24) is 5.32 Å². The zero-order valence-electron chi connectivity index (χ0n) is 43.0. The third-order valence-electron chi connectivity index (χ3n) is 13.3. The number of carbonyl (C=O) groups is 2. The lowest BCUT2D eigenvalue weighted by molar-refractivity contribution is -0.143. The van der Waals surface area contributed by atoms with Gasteiger partial charge in [0.15, 0.2) is 0 Å². The molecule has 0 radical (unpaired) electrons. The van der Waals surface area contributed by atoms with E-state index in [-0.39, 0.29) is 18.5 Å². The summed E-state index contributed by atoms with van der Waals surface area (Å²) in [5.41, 5.74) is 0. The maximum absolute atomic E-state index is 12.4. The third-order valence-corrected chi connectivity index (χ3v) is 13.3. The van der Waals surface area contributed by atoms with Crippen LogP contribution in [0.25, 0.3) is 0 Å². The van der Waals surface area contributed by atoms with Crippen molar-refractivity contribution in [2.75, 3.05) is 13.2 Å². The second-order valence-corrected chi connectivity index (χ2v) is 19.6. The summed E-state index contributed by atoms with van der Waals surface area (Å²) in [6, 6.07) is -0.547. The van der Waals surface area contributed by atoms with Crippen molar-refractivity contribution in [3.63, 3.8) is 0 Å². The number of ether oxygens (including phenoxy) is 1. The van der Waals surface area contributed by atoms with Gasteiger partial charge in [-0.25, -0.2) is 0 Å². The molecule has 378 valence electrons. The van der Waals surface area contributed by atoms with E-state index in [9.17, 15) is 19.8 Å². The van der Waals surface area contributed by atoms with Crippen molar-refractivity contribution >= 4 is 11.9 Å². The topological polar surface area (TPSA) is 95.9 Å². The molecule has 0 rings (SSSR count). The number of unbranched alkanes of at least 4 members (excludes halogenated alkanes) is 38. The monoisotopic (exact) mass is 902 g/mol. The van der Waals surface area contributed by atoms with E-state index in [2.05, 4.69) is 43.5 Å². The van der Waals surface area contributed by atoms with E-state index in [1.807, 2.05) is 0 Å². The molecule has 64 heavy (non-hydrogen) atoms. The molecule has 0 aliphatic heterocycles. The maximum Gasteiger partial charge on any atom is 0.305 e. The fraction of sp³-hybridized carbons (Fsp3) is 0.897. The van der Waals surface area contributed by atoms with Crippen molar-refractivity contribution < 1.29 is 24.5 Å². The molecule has 3 N–H and O–H groups in total. The Bertz CT molecular complexity index is 997. The van der Waals surface area contributed by atoms with Gasteiger partial charge in [0.05, 0.1) is 25.4 Å². The molecular formula is C58H111NO5. The van der Waals surface area contributed by atoms with Gasteiger partial charge in [-0.1, -0.05) is 263 Å². The first-order chi connectivity index (χ1) is 31.5. The highest BCUT2D eigenvalue weighted by atomic mass is 16.5. The fourth-order valence-corrected chi connectivity index (χ4v) is 8.85. The average molecular weight is 903 g/mol. The zero-order chi connectivity index (χ0) is 46.5. The highest BCUT2D eigenvalue weighted by molar-refractivity contribution is 5.76. The number of hydrogen-bond acceptors (Lipinski definition) is 5. The van der Waals surface area contributed by atoms with Gasteiger partial charge >= 0.3 is 5.97 Å². The van der Waals surface area contributed by atoms with Crippen LogP contribution in [0.1, 0.15) is 309 Å². The summed E-state index contributed by atoms with van der Waals surface area (Å²) in [6.07, 6.45) is 64.6. The van der Waals surface area contributed by atoms with Crippen molar-refractivity contribution in [3.05, 3.63) is 24.3 Å². The molecule has 0 saturated carbocycles. The number of amides is 1. The molecule has 0 aliphatic rings. The summed E-state index contributed by atoms with van der Waals surface area (Å²) >= 11 is 0. The number of hydrogen-bond donors (Lipinski definition) is 3. The first kappa shape index (κ1) is 62.3. The van der Waals surface area contributed by atoms with Gasteiger partial charge in [-0.2, -0.15) is 0 Å². The first-order valence-corrected chi connectivity index (χ1v) is 28.6. The van der Waals surface area contributed by atoms with Crippen LogP contribution in [0.3, 0.4) is 0 Å². The molecular weight excluding hydrogens is 791 g/mol. The Balaban J connectivity index is 3.43. The Kier molecular flexibility index (Phi) is 52.6. The Labute approximate surface area is 399 Å². The summed E-state index contributed by atoms with van der Waals surface area (Å²) in [7, 11) is 0. The van der Waals surface area contributed by atoms with E-state index in [0.717, 1.165) is 51.4 Å². The Morgan fingerprint density at radius 3 is 1.19 bits per heavy atom. The van der Waals surface area contributed by atoms with Gasteiger partial charge in [0, 0.05) is 12.8 Å². The lowest BCUT2D eigenvalue weighted by Gasteiger charge is -2.22. The Morgan fingerprint density at radius 2 is 0.781 bits per heavy atom. The SMILES string of the molecule is CCCCCCCCCCCCCCCC(=O)OCCCCCCCCCCC/C=C\C/C=C\CCCCCCCCCC(=O)NC(CO)C(O)CCCCCCCCCCCCC. The normalized spacial score (nSPS) is 12.8. The minimum Gasteiger partial charge on any atom is -0.466 e. The minimum atomic E-state index is -0.669. The molecule has 2 atom stereocenters. The van der Waals surface area contributed by atoms with Crippen molar-refractivity contribution in [2.45, 2.75) is 321 Å². The molecule has 0 saturated heterocycles. The van der Waals surface area contributed by atoms with Gasteiger partial charge in [-0.3, -0.25) is 9.59 Å². The van der Waals surface area contributed by atoms with Crippen LogP contribution in [-0.2, 0) is 14.3 Å². The van der Waals surface area contributed by atoms with E-state index >= 15 is 0 Å². The number of aliphatic hydroxyl groups is 2. The van der Waals surface area contributed by atoms with E-state index in [4.69, 9.17) is 4.74 Å². The van der Waals surface area contributed by atoms with Crippen LogP contribution < -0.4 is 5.32 Å². The van der Waals surface area contributed by atoms with Crippen molar-refractivity contribution in [3.8, 4) is 0 Å². The number of aliphatic hydroxyl groups excluding tert-OH is 2. The third kappa shape index (κ3) is 49.8. The summed E-state index contributed by atoms with van der Waals surface area (Å²) in [6.45, 7) is 4.94. The van der Waals surface area contributed by atoms with Gasteiger partial charge in [0.25, 0.3) is 0 Å². The molecule has 0 aliphatic carbocycles. The molecule has 0 aromatic heterocycles. The van der Waals surface area contributed by atoms with Crippen LogP contribution in [0.2, 0.25) is 0 Å². The minimum absolute atomic E-state index is 0.00854. The molecule has 0 fully saturated rings. The molecule has 0 spiro atoms. The second kappa shape index (κ2) is 54.0. The van der Waals surface area contributed by atoms with Gasteiger partial charge < -0.3 is 20.3 Å². The van der Waals surface area contributed by atoms with Gasteiger partial charge in [-0.05, 0) is 57.8 Å². The van der Waals surface area contributed by atoms with E-state index in [1.54, 1.807) is 0 Å². The summed E-state index contributed by atoms with van der Waals surface area (Å²) in [5.74, 6) is -0.0375. The van der Waals surface area contributed by atoms with Crippen molar-refractivity contribution in [1.29, 1.82) is 0 Å². The van der Waals surface area contributed by atoms with Crippen LogP contribution >= 0.6 is 0 Å². The first-order valence-electron chi connectivity index (χ1n) is 28.6. The predicted octanol–water partition coefficient (Wildman–Crippen LogP) is 17.5. The second-order valence-electron chi connectivity index (χ2n) is 19.6. The lowest BCUT2D eigenvalue weighted by Crippen LogP contribution is -2.45. The quantitative estimate of drug-likeness (QED) is 0.0321. The fourth-order valence-electron chi connectivity index (χ4n) is 8.85. The smallest absolute Gasteiger partial charge is 0.305 e. The van der Waals surface area contributed by atoms with Gasteiger partial charge in [0.2, 0.25) is 5.91 Å². The van der Waals surface area contributed by atoms with Gasteiger partial charge in [-0.15, -0.1) is 0 Å². The number of rotatable bonds is 53. The highest BCUT2D eigenvalue weighted by Crippen LogP contribution is 2.17. The van der Waals surface area contributed by atoms with Crippen LogP contribution in [-0.4, -0.2) is 47.4 Å². The van der Waals surface area contributed by atoms with Crippen molar-refractivity contribution in [2.24, 2.45) is 0 Å². The Hall–Kier alpha value is -1.66. The maximum atomic E-state index is 12.4. The molecule has 6 heteroatoms. The molecule has 0 aromatic carbocycles. The molecule has 0 heterocycles. The summed E-state index contributed by atoms with van der Waals surface area (Å²) in [4.78, 5) is 24.4. The summed E-state index contributed by atoms with van der Waals surface area (Å²) < 4.78 is 5.47. The number of esters is 1. The Morgan fingerprint density at radius 1 is 0.438 bits per heavy atom. The van der Waals surface area contributed by atoms with E-state index < -0.39 is 12.1 Å². The molecule has 0 bridgehead atoms. The predicted molar refractivity (Wildman–Crippen MR) is 278 cm³/mol. The van der Waals surface area contributed by atoms with Crippen LogP contribution in [0.15, 0.2) is 24.3 Å². The zero-order valence-corrected chi connectivity index (χ0v) is 43.0. The van der Waals surface area contributed by atoms with E-state index in [0.29, 0.717) is 25.9 Å². The van der Waals surface area contributed by atoms with Gasteiger partial charge in [0.1, 0.15) is 0 Å². The van der Waals surface area contributed by atoms with Crippen LogP contribution in [0, 0.1) is 0 Å². The number of allylic oxidation sites excluding steroid dienone is 4. The number of carbonyl (C=O) groups excluding carboxylic acids is 2.